The Morgan fingerprint density at radius 2 is 1.67 bits per heavy atom. The van der Waals surface area contributed by atoms with Gasteiger partial charge in [0.2, 0.25) is 0 Å². The number of amides is 1. The predicted octanol–water partition coefficient (Wildman–Crippen LogP) is 4.95. The minimum Gasteiger partial charge on any atom is -0.445 e. The molecule has 0 radical (unpaired) electrons. The fraction of sp³-hybridized carbons (Fsp3) is 0.348. The van der Waals surface area contributed by atoms with Crippen LogP contribution in [0, 0.1) is 0 Å². The zero-order valence-electron chi connectivity index (χ0n) is 15.6. The number of carbonyl (C=O) groups excluding carboxylic acids is 1. The molecule has 2 atom stereocenters. The van der Waals surface area contributed by atoms with Gasteiger partial charge in [0.1, 0.15) is 6.61 Å². The van der Waals surface area contributed by atoms with Gasteiger partial charge in [0.05, 0.1) is 18.8 Å². The van der Waals surface area contributed by atoms with Crippen molar-refractivity contribution in [2.75, 3.05) is 6.54 Å². The smallest absolute Gasteiger partial charge is 0.410 e. The Kier molecular flexibility index (Phi) is 7.05. The summed E-state index contributed by atoms with van der Waals surface area (Å²) >= 11 is 0. The summed E-state index contributed by atoms with van der Waals surface area (Å²) in [6.07, 6.45) is 4.10. The highest BCUT2D eigenvalue weighted by Gasteiger charge is 2.35. The number of nitrogens with zero attached hydrogens (tertiary/aromatic N) is 1. The average molecular weight is 365 g/mol. The Bertz CT molecular complexity index is 717. The number of carbonyl (C=O) groups is 1. The summed E-state index contributed by atoms with van der Waals surface area (Å²) in [5, 5.41) is 0. The maximum Gasteiger partial charge on any atom is 0.410 e. The van der Waals surface area contributed by atoms with Crippen LogP contribution >= 0.6 is 0 Å². The van der Waals surface area contributed by atoms with Crippen molar-refractivity contribution in [1.29, 1.82) is 0 Å². The summed E-state index contributed by atoms with van der Waals surface area (Å²) in [5.41, 5.74) is 2.12. The fourth-order valence-electron chi connectivity index (χ4n) is 3.47. The van der Waals surface area contributed by atoms with Gasteiger partial charge in [0.25, 0.3) is 0 Å². The van der Waals surface area contributed by atoms with Gasteiger partial charge < -0.3 is 14.4 Å². The van der Waals surface area contributed by atoms with E-state index in [-0.39, 0.29) is 24.8 Å². The lowest BCUT2D eigenvalue weighted by Gasteiger charge is -2.40. The first kappa shape index (κ1) is 19.2. The van der Waals surface area contributed by atoms with Crippen molar-refractivity contribution in [2.45, 2.75) is 44.6 Å². The lowest BCUT2D eigenvalue weighted by Crippen LogP contribution is -2.51. The molecule has 1 fully saturated rings. The fourth-order valence-corrected chi connectivity index (χ4v) is 3.47. The molecule has 4 nitrogen and oxygen atoms in total. The first-order valence-corrected chi connectivity index (χ1v) is 9.51. The standard InChI is InChI=1S/C23H27NO3/c1-2-10-21-22(26-17-19-11-5-3-6-12-19)15-9-16-24(21)23(25)27-18-20-13-7-4-8-14-20/h2-8,11-14,21-22H,1,9-10,15-18H2/t21-,22+/m1/s1. The molecule has 1 aliphatic rings. The molecule has 0 unspecified atom stereocenters. The second-order valence-corrected chi connectivity index (χ2v) is 6.80. The topological polar surface area (TPSA) is 38.8 Å². The van der Waals surface area contributed by atoms with Crippen molar-refractivity contribution in [3.63, 3.8) is 0 Å². The van der Waals surface area contributed by atoms with Gasteiger partial charge in [-0.2, -0.15) is 0 Å². The lowest BCUT2D eigenvalue weighted by molar-refractivity contribution is -0.0476. The normalized spacial score (nSPS) is 19.5. The Hall–Kier alpha value is -2.59. The molecule has 142 valence electrons. The molecular formula is C23H27NO3. The summed E-state index contributed by atoms with van der Waals surface area (Å²) in [7, 11) is 0. The van der Waals surface area contributed by atoms with Gasteiger partial charge in [-0.3, -0.25) is 0 Å². The van der Waals surface area contributed by atoms with E-state index in [1.54, 1.807) is 0 Å². The minimum atomic E-state index is -0.279. The number of ether oxygens (including phenoxy) is 2. The number of rotatable bonds is 7. The Morgan fingerprint density at radius 1 is 1.04 bits per heavy atom. The molecule has 0 spiro atoms. The molecule has 0 aromatic heterocycles. The summed E-state index contributed by atoms with van der Waals surface area (Å²) in [6.45, 7) is 5.38. The van der Waals surface area contributed by atoms with E-state index in [0.717, 1.165) is 24.0 Å². The molecule has 1 amide bonds. The number of benzene rings is 2. The second-order valence-electron chi connectivity index (χ2n) is 6.80. The van der Waals surface area contributed by atoms with Crippen LogP contribution in [0.15, 0.2) is 73.3 Å². The van der Waals surface area contributed by atoms with Crippen molar-refractivity contribution >= 4 is 6.09 Å². The molecule has 0 bridgehead atoms. The largest absolute Gasteiger partial charge is 0.445 e. The molecule has 1 heterocycles. The van der Waals surface area contributed by atoms with E-state index in [4.69, 9.17) is 9.47 Å². The van der Waals surface area contributed by atoms with Crippen molar-refractivity contribution in [3.8, 4) is 0 Å². The second kappa shape index (κ2) is 9.93. The van der Waals surface area contributed by atoms with Gasteiger partial charge in [-0.05, 0) is 30.4 Å². The summed E-state index contributed by atoms with van der Waals surface area (Å²) in [6, 6.07) is 19.8. The highest BCUT2D eigenvalue weighted by Crippen LogP contribution is 2.25. The van der Waals surface area contributed by atoms with E-state index in [1.807, 2.05) is 59.5 Å². The molecule has 2 aromatic rings. The lowest BCUT2D eigenvalue weighted by atomic mass is 9.96. The number of hydrogen-bond donors (Lipinski definition) is 0. The third-order valence-corrected chi connectivity index (χ3v) is 4.87. The molecular weight excluding hydrogens is 338 g/mol. The van der Waals surface area contributed by atoms with Crippen molar-refractivity contribution in [2.24, 2.45) is 0 Å². The molecule has 0 aliphatic carbocycles. The third-order valence-electron chi connectivity index (χ3n) is 4.87. The van der Waals surface area contributed by atoms with Crippen molar-refractivity contribution in [1.82, 2.24) is 4.90 Å². The summed E-state index contributed by atoms with van der Waals surface area (Å²) in [5.74, 6) is 0. The Labute approximate surface area is 161 Å². The van der Waals surface area contributed by atoms with E-state index in [1.165, 1.54) is 0 Å². The maximum absolute atomic E-state index is 12.7. The molecule has 1 aliphatic heterocycles. The quantitative estimate of drug-likeness (QED) is 0.652. The molecule has 4 heteroatoms. The number of piperidine rings is 1. The third kappa shape index (κ3) is 5.44. The van der Waals surface area contributed by atoms with E-state index in [0.29, 0.717) is 19.6 Å². The monoisotopic (exact) mass is 365 g/mol. The van der Waals surface area contributed by atoms with Crippen molar-refractivity contribution < 1.29 is 14.3 Å². The van der Waals surface area contributed by atoms with Crippen LogP contribution in [-0.2, 0) is 22.7 Å². The van der Waals surface area contributed by atoms with Crippen LogP contribution < -0.4 is 0 Å². The SMILES string of the molecule is C=CC[C@@H]1[C@@H](OCc2ccccc2)CCCN1C(=O)OCc1ccccc1. The van der Waals surface area contributed by atoms with Crippen LogP contribution in [0.4, 0.5) is 4.79 Å². The van der Waals surface area contributed by atoms with Crippen LogP contribution in [0.5, 0.6) is 0 Å². The predicted molar refractivity (Wildman–Crippen MR) is 106 cm³/mol. The highest BCUT2D eigenvalue weighted by atomic mass is 16.6. The first-order chi connectivity index (χ1) is 13.3. The molecule has 3 rings (SSSR count). The molecule has 1 saturated heterocycles. The van der Waals surface area contributed by atoms with Gasteiger partial charge in [0.15, 0.2) is 0 Å². The van der Waals surface area contributed by atoms with Gasteiger partial charge >= 0.3 is 6.09 Å². The average Bonchev–Trinajstić information content (AvgIpc) is 2.73. The van der Waals surface area contributed by atoms with Crippen LogP contribution in [-0.4, -0.2) is 29.7 Å². The Balaban J connectivity index is 1.60. The van der Waals surface area contributed by atoms with Gasteiger partial charge in [-0.25, -0.2) is 4.79 Å². The van der Waals surface area contributed by atoms with Gasteiger partial charge in [0, 0.05) is 6.54 Å². The Morgan fingerprint density at radius 3 is 2.30 bits per heavy atom. The van der Waals surface area contributed by atoms with E-state index in [9.17, 15) is 4.79 Å². The molecule has 0 N–H and O–H groups in total. The van der Waals surface area contributed by atoms with Gasteiger partial charge in [-0.15, -0.1) is 6.58 Å². The minimum absolute atomic E-state index is 0.0127. The van der Waals surface area contributed by atoms with Crippen LogP contribution in [0.3, 0.4) is 0 Å². The van der Waals surface area contributed by atoms with Crippen LogP contribution in [0.25, 0.3) is 0 Å². The number of likely N-dealkylation sites (tertiary alicyclic amines) is 1. The van der Waals surface area contributed by atoms with E-state index in [2.05, 4.69) is 18.7 Å². The molecule has 0 saturated carbocycles. The summed E-state index contributed by atoms with van der Waals surface area (Å²) in [4.78, 5) is 14.5. The van der Waals surface area contributed by atoms with E-state index >= 15 is 0 Å². The van der Waals surface area contributed by atoms with E-state index < -0.39 is 0 Å². The zero-order chi connectivity index (χ0) is 18.9. The number of hydrogen-bond acceptors (Lipinski definition) is 3. The zero-order valence-corrected chi connectivity index (χ0v) is 15.6. The van der Waals surface area contributed by atoms with Crippen LogP contribution in [0.1, 0.15) is 30.4 Å². The first-order valence-electron chi connectivity index (χ1n) is 9.51. The van der Waals surface area contributed by atoms with Gasteiger partial charge in [-0.1, -0.05) is 66.7 Å². The maximum atomic E-state index is 12.7. The molecule has 27 heavy (non-hydrogen) atoms. The molecule has 2 aromatic carbocycles. The summed E-state index contributed by atoms with van der Waals surface area (Å²) < 4.78 is 11.7. The van der Waals surface area contributed by atoms with Crippen LogP contribution in [0.2, 0.25) is 0 Å². The highest BCUT2D eigenvalue weighted by molar-refractivity contribution is 5.68. The van der Waals surface area contributed by atoms with Crippen molar-refractivity contribution in [3.05, 3.63) is 84.4 Å².